The lowest BCUT2D eigenvalue weighted by atomic mass is 10.0. The second kappa shape index (κ2) is 6.19. The summed E-state index contributed by atoms with van der Waals surface area (Å²) in [4.78, 5) is 3.19. The van der Waals surface area contributed by atoms with E-state index in [-0.39, 0.29) is 0 Å². The van der Waals surface area contributed by atoms with Crippen molar-refractivity contribution in [3.05, 3.63) is 35.3 Å². The van der Waals surface area contributed by atoms with Crippen LogP contribution in [0, 0.1) is 0 Å². The van der Waals surface area contributed by atoms with Gasteiger partial charge in [-0.05, 0) is 18.4 Å². The zero-order valence-corrected chi connectivity index (χ0v) is 12.1. The Morgan fingerprint density at radius 2 is 2.28 bits per heavy atom. The van der Waals surface area contributed by atoms with E-state index in [1.54, 1.807) is 0 Å². The van der Waals surface area contributed by atoms with E-state index < -0.39 is 0 Å². The third-order valence-electron chi connectivity index (χ3n) is 3.40. The van der Waals surface area contributed by atoms with Crippen LogP contribution < -0.4 is 0 Å². The fourth-order valence-electron chi connectivity index (χ4n) is 2.38. The van der Waals surface area contributed by atoms with Crippen LogP contribution >= 0.6 is 12.2 Å². The Morgan fingerprint density at radius 1 is 1.44 bits per heavy atom. The molecule has 0 aromatic rings. The molecular formula is C15H21NOS. The van der Waals surface area contributed by atoms with Gasteiger partial charge in [0.1, 0.15) is 0 Å². The topological polar surface area (TPSA) is 12.5 Å². The fourth-order valence-corrected chi connectivity index (χ4v) is 2.74. The van der Waals surface area contributed by atoms with Crippen LogP contribution in [0.5, 0.6) is 0 Å². The molecule has 3 heteroatoms. The van der Waals surface area contributed by atoms with Crippen molar-refractivity contribution in [1.82, 2.24) is 4.90 Å². The van der Waals surface area contributed by atoms with Gasteiger partial charge in [0.05, 0.1) is 17.2 Å². The number of hydrogen-bond acceptors (Lipinski definition) is 3. The lowest BCUT2D eigenvalue weighted by molar-refractivity contribution is 0.213. The predicted molar refractivity (Wildman–Crippen MR) is 79.6 cm³/mol. The van der Waals surface area contributed by atoms with E-state index in [0.29, 0.717) is 0 Å². The van der Waals surface area contributed by atoms with Gasteiger partial charge < -0.3 is 9.64 Å². The van der Waals surface area contributed by atoms with Gasteiger partial charge in [-0.2, -0.15) is 0 Å². The van der Waals surface area contributed by atoms with Crippen LogP contribution in [0.25, 0.3) is 0 Å². The van der Waals surface area contributed by atoms with Crippen LogP contribution in [0.1, 0.15) is 32.6 Å². The first-order chi connectivity index (χ1) is 8.74. The standard InChI is InChI=1S/C15H21NOS/c1-3-7-12-9-11-17-14(15(12)18)13-8-5-4-6-10-16(13)2/h4-5,7H,3,6,8-11H2,1-2H3/b12-7-,14-13-. The van der Waals surface area contributed by atoms with Crippen LogP contribution in [-0.2, 0) is 4.74 Å². The van der Waals surface area contributed by atoms with Gasteiger partial charge >= 0.3 is 0 Å². The summed E-state index contributed by atoms with van der Waals surface area (Å²) in [6.07, 6.45) is 10.7. The lowest BCUT2D eigenvalue weighted by Crippen LogP contribution is -2.25. The summed E-state index contributed by atoms with van der Waals surface area (Å²) in [5, 5.41) is 0. The largest absolute Gasteiger partial charge is 0.490 e. The molecule has 2 nitrogen and oxygen atoms in total. The molecule has 0 unspecified atom stereocenters. The minimum atomic E-state index is 0.752. The first kappa shape index (κ1) is 13.3. The molecule has 0 spiro atoms. The Morgan fingerprint density at radius 3 is 3.06 bits per heavy atom. The van der Waals surface area contributed by atoms with Crippen LogP contribution in [0.15, 0.2) is 35.3 Å². The van der Waals surface area contributed by atoms with Gasteiger partial charge in [0, 0.05) is 26.4 Å². The van der Waals surface area contributed by atoms with Crippen molar-refractivity contribution in [2.24, 2.45) is 0 Å². The maximum atomic E-state index is 5.85. The lowest BCUT2D eigenvalue weighted by Gasteiger charge is -2.28. The van der Waals surface area contributed by atoms with Crippen molar-refractivity contribution < 1.29 is 4.74 Å². The van der Waals surface area contributed by atoms with Crippen molar-refractivity contribution in [3.8, 4) is 0 Å². The molecule has 0 aliphatic carbocycles. The minimum absolute atomic E-state index is 0.752. The normalized spacial score (nSPS) is 27.3. The molecule has 1 saturated heterocycles. The maximum absolute atomic E-state index is 5.85. The molecule has 0 amide bonds. The molecule has 18 heavy (non-hydrogen) atoms. The van der Waals surface area contributed by atoms with Crippen LogP contribution in [0.2, 0.25) is 0 Å². The summed E-state index contributed by atoms with van der Waals surface area (Å²) in [7, 11) is 2.12. The Labute approximate surface area is 115 Å². The molecule has 98 valence electrons. The second-order valence-electron chi connectivity index (χ2n) is 4.73. The van der Waals surface area contributed by atoms with Gasteiger partial charge in [-0.25, -0.2) is 0 Å². The molecule has 1 fully saturated rings. The smallest absolute Gasteiger partial charge is 0.156 e. The van der Waals surface area contributed by atoms with Crippen LogP contribution in [0.4, 0.5) is 0 Å². The first-order valence-corrected chi connectivity index (χ1v) is 7.10. The summed E-state index contributed by atoms with van der Waals surface area (Å²) >= 11 is 5.59. The quantitative estimate of drug-likeness (QED) is 0.407. The Kier molecular flexibility index (Phi) is 4.59. The minimum Gasteiger partial charge on any atom is -0.490 e. The Hall–Kier alpha value is -1.09. The maximum Gasteiger partial charge on any atom is 0.156 e. The van der Waals surface area contributed by atoms with Crippen molar-refractivity contribution in [2.75, 3.05) is 20.2 Å². The van der Waals surface area contributed by atoms with Crippen molar-refractivity contribution in [2.45, 2.75) is 32.6 Å². The molecule has 0 radical (unpaired) electrons. The molecule has 2 heterocycles. The van der Waals surface area contributed by atoms with E-state index in [1.165, 1.54) is 11.3 Å². The number of rotatable bonds is 1. The first-order valence-electron chi connectivity index (χ1n) is 6.69. The second-order valence-corrected chi connectivity index (χ2v) is 5.14. The molecular weight excluding hydrogens is 242 g/mol. The highest BCUT2D eigenvalue weighted by molar-refractivity contribution is 7.81. The highest BCUT2D eigenvalue weighted by Crippen LogP contribution is 2.27. The predicted octanol–water partition coefficient (Wildman–Crippen LogP) is 3.61. The number of ether oxygens (including phenoxy) is 1. The van der Waals surface area contributed by atoms with Crippen molar-refractivity contribution in [3.63, 3.8) is 0 Å². The molecule has 0 aromatic carbocycles. The summed E-state index contributed by atoms with van der Waals surface area (Å²) in [5.74, 6) is 0.935. The molecule has 0 bridgehead atoms. The molecule has 2 aliphatic rings. The summed E-state index contributed by atoms with van der Waals surface area (Å²) in [6.45, 7) is 3.94. The average Bonchev–Trinajstić information content (AvgIpc) is 2.57. The SMILES string of the molecule is CC/C=C1/CCO/C(=C2/CC=CCCN2C)C1=S. The van der Waals surface area contributed by atoms with Crippen LogP contribution in [0.3, 0.4) is 0 Å². The van der Waals surface area contributed by atoms with E-state index in [9.17, 15) is 0 Å². The van der Waals surface area contributed by atoms with Gasteiger partial charge in [0.25, 0.3) is 0 Å². The zero-order chi connectivity index (χ0) is 13.0. The van der Waals surface area contributed by atoms with Crippen molar-refractivity contribution >= 4 is 17.1 Å². The number of thiocarbonyl (C=S) groups is 1. The van der Waals surface area contributed by atoms with Gasteiger partial charge in [-0.1, -0.05) is 37.4 Å². The number of hydrogen-bond donors (Lipinski definition) is 0. The summed E-state index contributed by atoms with van der Waals surface area (Å²) in [5.41, 5.74) is 2.51. The monoisotopic (exact) mass is 263 g/mol. The summed E-state index contributed by atoms with van der Waals surface area (Å²) in [6, 6.07) is 0. The van der Waals surface area contributed by atoms with E-state index in [4.69, 9.17) is 17.0 Å². The molecule has 0 aromatic heterocycles. The molecule has 2 rings (SSSR count). The number of nitrogens with zero attached hydrogens (tertiary/aromatic N) is 1. The zero-order valence-electron chi connectivity index (χ0n) is 11.2. The average molecular weight is 263 g/mol. The van der Waals surface area contributed by atoms with Gasteiger partial charge in [0.15, 0.2) is 5.76 Å². The third-order valence-corrected chi connectivity index (χ3v) is 3.85. The molecule has 2 aliphatic heterocycles. The Bertz CT molecular complexity index is 420. The highest BCUT2D eigenvalue weighted by Gasteiger charge is 2.23. The van der Waals surface area contributed by atoms with Crippen LogP contribution in [-0.4, -0.2) is 30.0 Å². The fraction of sp³-hybridized carbons (Fsp3) is 0.533. The van der Waals surface area contributed by atoms with E-state index in [2.05, 4.69) is 37.1 Å². The third kappa shape index (κ3) is 2.83. The number of allylic oxidation sites excluding steroid dienone is 3. The van der Waals surface area contributed by atoms with Crippen molar-refractivity contribution in [1.29, 1.82) is 0 Å². The van der Waals surface area contributed by atoms with E-state index in [0.717, 1.165) is 49.5 Å². The molecule has 0 atom stereocenters. The van der Waals surface area contributed by atoms with Gasteiger partial charge in [0.2, 0.25) is 0 Å². The molecule has 0 saturated carbocycles. The Balaban J connectivity index is 2.32. The highest BCUT2D eigenvalue weighted by atomic mass is 32.1. The van der Waals surface area contributed by atoms with E-state index in [1.807, 2.05) is 0 Å². The van der Waals surface area contributed by atoms with E-state index >= 15 is 0 Å². The van der Waals surface area contributed by atoms with Gasteiger partial charge in [-0.3, -0.25) is 0 Å². The summed E-state index contributed by atoms with van der Waals surface area (Å²) < 4.78 is 5.85. The van der Waals surface area contributed by atoms with Gasteiger partial charge in [-0.15, -0.1) is 0 Å². The molecule has 0 N–H and O–H groups in total.